The number of carbonyl (C=O) groups is 2. The first-order chi connectivity index (χ1) is 8.81. The molecule has 0 aliphatic rings. The Morgan fingerprint density at radius 1 is 1.47 bits per heavy atom. The summed E-state index contributed by atoms with van der Waals surface area (Å²) in [5.74, 6) is -1.78. The molecule has 0 radical (unpaired) electrons. The maximum absolute atomic E-state index is 12.3. The van der Waals surface area contributed by atoms with E-state index in [0.717, 1.165) is 17.2 Å². The first kappa shape index (κ1) is 15.1. The summed E-state index contributed by atoms with van der Waals surface area (Å²) in [4.78, 5) is 23.8. The van der Waals surface area contributed by atoms with Crippen molar-refractivity contribution in [3.63, 3.8) is 0 Å². The normalized spacial score (nSPS) is 11.1. The van der Waals surface area contributed by atoms with Crippen LogP contribution in [0.1, 0.15) is 30.9 Å². The molecular formula is C11H15F2N3O3. The lowest BCUT2D eigenvalue weighted by Gasteiger charge is -2.21. The van der Waals surface area contributed by atoms with E-state index in [1.165, 1.54) is 0 Å². The van der Waals surface area contributed by atoms with Gasteiger partial charge < -0.3 is 10.0 Å². The highest BCUT2D eigenvalue weighted by Gasteiger charge is 2.22. The number of aliphatic carboxylic acids is 1. The predicted molar refractivity (Wildman–Crippen MR) is 61.9 cm³/mol. The van der Waals surface area contributed by atoms with Crippen molar-refractivity contribution in [3.05, 3.63) is 18.0 Å². The zero-order chi connectivity index (χ0) is 14.6. The zero-order valence-electron chi connectivity index (χ0n) is 10.6. The van der Waals surface area contributed by atoms with Crippen LogP contribution in [-0.2, 0) is 4.79 Å². The van der Waals surface area contributed by atoms with Gasteiger partial charge in [-0.15, -0.1) is 0 Å². The molecule has 0 fully saturated rings. The van der Waals surface area contributed by atoms with E-state index in [-0.39, 0.29) is 18.2 Å². The summed E-state index contributed by atoms with van der Waals surface area (Å²) < 4.78 is 25.0. The van der Waals surface area contributed by atoms with Crippen LogP contribution in [0.15, 0.2) is 12.3 Å². The van der Waals surface area contributed by atoms with Gasteiger partial charge in [-0.05, 0) is 12.0 Å². The number of rotatable bonds is 6. The van der Waals surface area contributed by atoms with Crippen molar-refractivity contribution in [1.29, 1.82) is 0 Å². The summed E-state index contributed by atoms with van der Waals surface area (Å²) >= 11 is 0. The number of hydrogen-bond donors (Lipinski definition) is 1. The largest absolute Gasteiger partial charge is 0.480 e. The van der Waals surface area contributed by atoms with Gasteiger partial charge in [0.05, 0.1) is 0 Å². The van der Waals surface area contributed by atoms with Crippen LogP contribution in [0.2, 0.25) is 0 Å². The molecule has 1 N–H and O–H groups in total. The summed E-state index contributed by atoms with van der Waals surface area (Å²) in [7, 11) is 0. The Labute approximate surface area is 108 Å². The van der Waals surface area contributed by atoms with Crippen molar-refractivity contribution < 1.29 is 23.5 Å². The third kappa shape index (κ3) is 4.31. The number of aromatic nitrogens is 2. The molecule has 0 atom stereocenters. The molecule has 0 unspecified atom stereocenters. The third-order valence-electron chi connectivity index (χ3n) is 2.23. The van der Waals surface area contributed by atoms with Crippen LogP contribution in [0, 0.1) is 5.92 Å². The molecule has 0 aliphatic carbocycles. The fourth-order valence-corrected chi connectivity index (χ4v) is 1.55. The van der Waals surface area contributed by atoms with E-state index < -0.39 is 25.0 Å². The number of nitrogens with zero attached hydrogens (tertiary/aromatic N) is 3. The van der Waals surface area contributed by atoms with Gasteiger partial charge in [-0.2, -0.15) is 13.9 Å². The van der Waals surface area contributed by atoms with Crippen molar-refractivity contribution in [2.24, 2.45) is 5.92 Å². The fourth-order valence-electron chi connectivity index (χ4n) is 1.55. The Morgan fingerprint density at radius 3 is 2.53 bits per heavy atom. The van der Waals surface area contributed by atoms with E-state index in [2.05, 4.69) is 5.10 Å². The fraction of sp³-hybridized carbons (Fsp3) is 0.545. The van der Waals surface area contributed by atoms with Crippen molar-refractivity contribution >= 4 is 11.9 Å². The van der Waals surface area contributed by atoms with E-state index in [9.17, 15) is 18.4 Å². The van der Waals surface area contributed by atoms with Crippen LogP contribution in [-0.4, -0.2) is 44.8 Å². The van der Waals surface area contributed by atoms with E-state index in [1.54, 1.807) is 0 Å². The average Bonchev–Trinajstić information content (AvgIpc) is 2.75. The Balaban J connectivity index is 2.87. The van der Waals surface area contributed by atoms with Gasteiger partial charge in [-0.3, -0.25) is 9.59 Å². The van der Waals surface area contributed by atoms with E-state index in [1.807, 2.05) is 13.8 Å². The Morgan fingerprint density at radius 2 is 2.11 bits per heavy atom. The number of alkyl halides is 2. The quantitative estimate of drug-likeness (QED) is 0.852. The van der Waals surface area contributed by atoms with Gasteiger partial charge in [-0.25, -0.2) is 4.68 Å². The predicted octanol–water partition coefficient (Wildman–Crippen LogP) is 1.46. The van der Waals surface area contributed by atoms with Crippen molar-refractivity contribution in [2.45, 2.75) is 20.4 Å². The monoisotopic (exact) mass is 275 g/mol. The summed E-state index contributed by atoms with van der Waals surface area (Å²) in [6.07, 6.45) is 0.978. The SMILES string of the molecule is CC(C)CN(CC(=O)O)C(=O)c1ccn(C(F)F)n1. The molecule has 1 amide bonds. The minimum Gasteiger partial charge on any atom is -0.480 e. The lowest BCUT2D eigenvalue weighted by Crippen LogP contribution is -2.38. The van der Waals surface area contributed by atoms with Gasteiger partial charge in [0.15, 0.2) is 5.69 Å². The van der Waals surface area contributed by atoms with Crippen LogP contribution < -0.4 is 0 Å². The molecule has 19 heavy (non-hydrogen) atoms. The lowest BCUT2D eigenvalue weighted by atomic mass is 10.2. The molecular weight excluding hydrogens is 260 g/mol. The van der Waals surface area contributed by atoms with Crippen LogP contribution in [0.5, 0.6) is 0 Å². The molecule has 6 nitrogen and oxygen atoms in total. The molecule has 0 saturated heterocycles. The molecule has 0 aliphatic heterocycles. The highest BCUT2D eigenvalue weighted by Crippen LogP contribution is 2.11. The van der Waals surface area contributed by atoms with Gasteiger partial charge in [0.2, 0.25) is 0 Å². The van der Waals surface area contributed by atoms with Crippen molar-refractivity contribution in [3.8, 4) is 0 Å². The molecule has 0 aromatic carbocycles. The van der Waals surface area contributed by atoms with E-state index >= 15 is 0 Å². The molecule has 106 valence electrons. The van der Waals surface area contributed by atoms with Crippen molar-refractivity contribution in [1.82, 2.24) is 14.7 Å². The maximum atomic E-state index is 12.3. The number of amides is 1. The van der Waals surface area contributed by atoms with Gasteiger partial charge in [0, 0.05) is 12.7 Å². The van der Waals surface area contributed by atoms with Crippen LogP contribution in [0.3, 0.4) is 0 Å². The maximum Gasteiger partial charge on any atom is 0.333 e. The third-order valence-corrected chi connectivity index (χ3v) is 2.23. The minimum absolute atomic E-state index is 0.0560. The zero-order valence-corrected chi connectivity index (χ0v) is 10.6. The summed E-state index contributed by atoms with van der Waals surface area (Å²) in [6, 6.07) is 1.14. The van der Waals surface area contributed by atoms with Gasteiger partial charge >= 0.3 is 12.5 Å². The second-order valence-corrected chi connectivity index (χ2v) is 4.43. The standard InChI is InChI=1S/C11H15F2N3O3/c1-7(2)5-15(6-9(17)18)10(19)8-3-4-16(14-8)11(12)13/h3-4,7,11H,5-6H2,1-2H3,(H,17,18). The van der Waals surface area contributed by atoms with E-state index in [4.69, 9.17) is 5.11 Å². The number of carboxylic acid groups (broad SMARTS) is 1. The second kappa shape index (κ2) is 6.26. The Hall–Kier alpha value is -1.99. The topological polar surface area (TPSA) is 75.4 Å². The van der Waals surface area contributed by atoms with Crippen LogP contribution in [0.4, 0.5) is 8.78 Å². The molecule has 1 aromatic rings. The van der Waals surface area contributed by atoms with Gasteiger partial charge in [0.1, 0.15) is 6.54 Å². The highest BCUT2D eigenvalue weighted by molar-refractivity contribution is 5.94. The molecule has 1 aromatic heterocycles. The molecule has 8 heteroatoms. The van der Waals surface area contributed by atoms with Crippen LogP contribution in [0.25, 0.3) is 0 Å². The number of carbonyl (C=O) groups excluding carboxylic acids is 1. The number of halogens is 2. The smallest absolute Gasteiger partial charge is 0.333 e. The molecule has 0 bridgehead atoms. The van der Waals surface area contributed by atoms with Crippen molar-refractivity contribution in [2.75, 3.05) is 13.1 Å². The number of carboxylic acids is 1. The second-order valence-electron chi connectivity index (χ2n) is 4.43. The first-order valence-electron chi connectivity index (χ1n) is 5.65. The lowest BCUT2D eigenvalue weighted by molar-refractivity contribution is -0.137. The number of hydrogen-bond acceptors (Lipinski definition) is 3. The Kier molecular flexibility index (Phi) is 4.96. The average molecular weight is 275 g/mol. The summed E-state index contributed by atoms with van der Waals surface area (Å²) in [6.45, 7) is 0.532. The summed E-state index contributed by atoms with van der Waals surface area (Å²) in [5.41, 5.74) is -0.192. The Bertz CT molecular complexity index is 460. The molecule has 0 saturated carbocycles. The minimum atomic E-state index is -2.83. The molecule has 1 heterocycles. The van der Waals surface area contributed by atoms with E-state index in [0.29, 0.717) is 4.68 Å². The van der Waals surface area contributed by atoms with Gasteiger partial charge in [0.25, 0.3) is 5.91 Å². The highest BCUT2D eigenvalue weighted by atomic mass is 19.3. The van der Waals surface area contributed by atoms with Crippen LogP contribution >= 0.6 is 0 Å². The molecule has 0 spiro atoms. The first-order valence-corrected chi connectivity index (χ1v) is 5.65. The van der Waals surface area contributed by atoms with Gasteiger partial charge in [-0.1, -0.05) is 13.8 Å². The molecule has 1 rings (SSSR count). The summed E-state index contributed by atoms with van der Waals surface area (Å²) in [5, 5.41) is 12.2.